The van der Waals surface area contributed by atoms with Crippen LogP contribution in [-0.2, 0) is 4.79 Å². The van der Waals surface area contributed by atoms with Gasteiger partial charge in [0, 0.05) is 41.7 Å². The molecular weight excluding hydrogens is 404 g/mol. The van der Waals surface area contributed by atoms with Crippen LogP contribution in [0.4, 0.5) is 5.69 Å². The van der Waals surface area contributed by atoms with Crippen LogP contribution in [0, 0.1) is 13.8 Å². The zero-order valence-corrected chi connectivity index (χ0v) is 18.4. The summed E-state index contributed by atoms with van der Waals surface area (Å²) < 4.78 is 5.73. The molecule has 1 aromatic heterocycles. The number of hydrogen-bond donors (Lipinski definition) is 2. The SMILES string of the molecule is Cc1cc(C)nc(Oc2cccc(NC(=O)CCCCCNC(=O)c3ccccc3)c2)n1. The van der Waals surface area contributed by atoms with Crippen LogP contribution >= 0.6 is 0 Å². The minimum atomic E-state index is -0.0725. The molecule has 0 saturated carbocycles. The highest BCUT2D eigenvalue weighted by Gasteiger charge is 2.07. The average Bonchev–Trinajstić information content (AvgIpc) is 2.76. The Kier molecular flexibility index (Phi) is 8.31. The Labute approximate surface area is 188 Å². The average molecular weight is 433 g/mol. The molecule has 7 heteroatoms. The molecule has 0 atom stereocenters. The Hall–Kier alpha value is -3.74. The molecule has 7 nitrogen and oxygen atoms in total. The molecule has 2 N–H and O–H groups in total. The third-order valence-corrected chi connectivity index (χ3v) is 4.69. The fourth-order valence-corrected chi connectivity index (χ4v) is 3.19. The number of rotatable bonds is 10. The number of ether oxygens (including phenoxy) is 1. The highest BCUT2D eigenvalue weighted by atomic mass is 16.5. The predicted octanol–water partition coefficient (Wildman–Crippen LogP) is 4.81. The van der Waals surface area contributed by atoms with Crippen LogP contribution in [0.5, 0.6) is 11.8 Å². The summed E-state index contributed by atoms with van der Waals surface area (Å²) in [5.74, 6) is 0.428. The van der Waals surface area contributed by atoms with Gasteiger partial charge in [-0.05, 0) is 57.0 Å². The summed E-state index contributed by atoms with van der Waals surface area (Å²) in [4.78, 5) is 32.8. The molecule has 0 aliphatic heterocycles. The van der Waals surface area contributed by atoms with Crippen LogP contribution in [0.2, 0.25) is 0 Å². The van der Waals surface area contributed by atoms with E-state index in [1.54, 1.807) is 24.3 Å². The molecule has 0 aliphatic rings. The minimum absolute atomic E-state index is 0.0573. The van der Waals surface area contributed by atoms with Crippen molar-refractivity contribution in [1.29, 1.82) is 0 Å². The maximum atomic E-state index is 12.3. The normalized spacial score (nSPS) is 10.4. The van der Waals surface area contributed by atoms with Gasteiger partial charge in [-0.2, -0.15) is 0 Å². The number of hydrogen-bond acceptors (Lipinski definition) is 5. The molecule has 0 spiro atoms. The summed E-state index contributed by atoms with van der Waals surface area (Å²) in [6, 6.07) is 18.5. The van der Waals surface area contributed by atoms with E-state index in [-0.39, 0.29) is 17.8 Å². The molecule has 3 aromatic rings. The van der Waals surface area contributed by atoms with E-state index in [0.29, 0.717) is 30.0 Å². The lowest BCUT2D eigenvalue weighted by Crippen LogP contribution is -2.24. The topological polar surface area (TPSA) is 93.2 Å². The van der Waals surface area contributed by atoms with Gasteiger partial charge in [0.05, 0.1) is 0 Å². The molecule has 3 rings (SSSR count). The fraction of sp³-hybridized carbons (Fsp3) is 0.280. The van der Waals surface area contributed by atoms with Crippen LogP contribution < -0.4 is 15.4 Å². The Morgan fingerprint density at radius 1 is 0.875 bits per heavy atom. The van der Waals surface area contributed by atoms with Gasteiger partial charge in [-0.25, -0.2) is 9.97 Å². The van der Waals surface area contributed by atoms with Crippen molar-refractivity contribution >= 4 is 17.5 Å². The zero-order valence-electron chi connectivity index (χ0n) is 18.4. The molecule has 0 saturated heterocycles. The number of unbranched alkanes of at least 4 members (excludes halogenated alkanes) is 2. The summed E-state index contributed by atoms with van der Waals surface area (Å²) >= 11 is 0. The summed E-state index contributed by atoms with van der Waals surface area (Å²) in [5.41, 5.74) is 2.97. The monoisotopic (exact) mass is 432 g/mol. The van der Waals surface area contributed by atoms with E-state index < -0.39 is 0 Å². The number of amides is 2. The second kappa shape index (κ2) is 11.6. The Morgan fingerprint density at radius 2 is 1.62 bits per heavy atom. The van der Waals surface area contributed by atoms with Crippen molar-refractivity contribution in [3.63, 3.8) is 0 Å². The molecule has 166 valence electrons. The van der Waals surface area contributed by atoms with Crippen molar-refractivity contribution in [2.45, 2.75) is 39.5 Å². The number of anilines is 1. The van der Waals surface area contributed by atoms with Crippen molar-refractivity contribution in [3.8, 4) is 11.8 Å². The van der Waals surface area contributed by atoms with Crippen LogP contribution in [0.15, 0.2) is 60.7 Å². The quantitative estimate of drug-likeness (QED) is 0.448. The number of carbonyl (C=O) groups is 2. The molecule has 2 amide bonds. The van der Waals surface area contributed by atoms with E-state index in [1.807, 2.05) is 50.2 Å². The van der Waals surface area contributed by atoms with Gasteiger partial charge in [0.1, 0.15) is 5.75 Å². The van der Waals surface area contributed by atoms with Gasteiger partial charge in [-0.15, -0.1) is 0 Å². The van der Waals surface area contributed by atoms with Crippen molar-refractivity contribution < 1.29 is 14.3 Å². The number of nitrogens with zero attached hydrogens (tertiary/aromatic N) is 2. The van der Waals surface area contributed by atoms with Gasteiger partial charge in [0.25, 0.3) is 5.91 Å². The van der Waals surface area contributed by atoms with E-state index in [1.165, 1.54) is 0 Å². The number of carbonyl (C=O) groups excluding carboxylic acids is 2. The highest BCUT2D eigenvalue weighted by Crippen LogP contribution is 2.22. The lowest BCUT2D eigenvalue weighted by atomic mass is 10.1. The molecule has 0 fully saturated rings. The molecule has 2 aromatic carbocycles. The maximum Gasteiger partial charge on any atom is 0.322 e. The lowest BCUT2D eigenvalue weighted by Gasteiger charge is -2.09. The number of aromatic nitrogens is 2. The van der Waals surface area contributed by atoms with Gasteiger partial charge in [0.15, 0.2) is 0 Å². The van der Waals surface area contributed by atoms with Crippen LogP contribution in [0.1, 0.15) is 47.4 Å². The largest absolute Gasteiger partial charge is 0.424 e. The Morgan fingerprint density at radius 3 is 2.38 bits per heavy atom. The van der Waals surface area contributed by atoms with E-state index in [9.17, 15) is 9.59 Å². The molecule has 0 radical (unpaired) electrons. The van der Waals surface area contributed by atoms with Crippen molar-refractivity contribution in [2.75, 3.05) is 11.9 Å². The van der Waals surface area contributed by atoms with Gasteiger partial charge < -0.3 is 15.4 Å². The molecule has 1 heterocycles. The zero-order chi connectivity index (χ0) is 22.8. The van der Waals surface area contributed by atoms with Gasteiger partial charge >= 0.3 is 6.01 Å². The third kappa shape index (κ3) is 7.50. The molecule has 0 bridgehead atoms. The third-order valence-electron chi connectivity index (χ3n) is 4.69. The van der Waals surface area contributed by atoms with Crippen molar-refractivity contribution in [1.82, 2.24) is 15.3 Å². The smallest absolute Gasteiger partial charge is 0.322 e. The van der Waals surface area contributed by atoms with Crippen molar-refractivity contribution in [3.05, 3.63) is 77.6 Å². The van der Waals surface area contributed by atoms with Gasteiger partial charge in [-0.3, -0.25) is 9.59 Å². The minimum Gasteiger partial charge on any atom is -0.424 e. The van der Waals surface area contributed by atoms with Crippen LogP contribution in [0.3, 0.4) is 0 Å². The second-order valence-electron chi connectivity index (χ2n) is 7.54. The Balaban J connectivity index is 1.37. The van der Waals surface area contributed by atoms with Gasteiger partial charge in [-0.1, -0.05) is 30.7 Å². The van der Waals surface area contributed by atoms with Crippen LogP contribution in [-0.4, -0.2) is 28.3 Å². The number of benzene rings is 2. The predicted molar refractivity (Wildman–Crippen MR) is 124 cm³/mol. The standard InChI is InChI=1S/C25H28N4O3/c1-18-16-19(2)28-25(27-18)32-22-13-9-12-21(17-22)29-23(30)14-7-4-8-15-26-24(31)20-10-5-3-6-11-20/h3,5-6,9-13,16-17H,4,7-8,14-15H2,1-2H3,(H,26,31)(H,29,30). The van der Waals surface area contributed by atoms with E-state index in [4.69, 9.17) is 4.74 Å². The first-order valence-electron chi connectivity index (χ1n) is 10.7. The lowest BCUT2D eigenvalue weighted by molar-refractivity contribution is -0.116. The molecule has 32 heavy (non-hydrogen) atoms. The molecule has 0 aliphatic carbocycles. The first kappa shape index (κ1) is 22.9. The van der Waals surface area contributed by atoms with Crippen LogP contribution in [0.25, 0.3) is 0 Å². The molecule has 0 unspecified atom stereocenters. The van der Waals surface area contributed by atoms with E-state index in [0.717, 1.165) is 30.7 Å². The number of nitrogens with one attached hydrogen (secondary N) is 2. The van der Waals surface area contributed by atoms with E-state index in [2.05, 4.69) is 20.6 Å². The van der Waals surface area contributed by atoms with Gasteiger partial charge in [0.2, 0.25) is 5.91 Å². The first-order valence-corrected chi connectivity index (χ1v) is 10.7. The molecular formula is C25H28N4O3. The summed E-state index contributed by atoms with van der Waals surface area (Å²) in [5, 5.41) is 5.79. The maximum absolute atomic E-state index is 12.3. The van der Waals surface area contributed by atoms with Crippen molar-refractivity contribution in [2.24, 2.45) is 0 Å². The Bertz CT molecular complexity index is 1030. The first-order chi connectivity index (χ1) is 15.5. The second-order valence-corrected chi connectivity index (χ2v) is 7.54. The summed E-state index contributed by atoms with van der Waals surface area (Å²) in [7, 11) is 0. The summed E-state index contributed by atoms with van der Waals surface area (Å²) in [6.07, 6.45) is 2.85. The highest BCUT2D eigenvalue weighted by molar-refractivity contribution is 5.94. The fourth-order valence-electron chi connectivity index (χ4n) is 3.19. The number of aryl methyl sites for hydroxylation is 2. The summed E-state index contributed by atoms with van der Waals surface area (Å²) in [6.45, 7) is 4.36. The van der Waals surface area contributed by atoms with E-state index >= 15 is 0 Å².